The average Bonchev–Trinajstić information content (AvgIpc) is 2.62. The minimum absolute atomic E-state index is 0.0506. The standard InChI is InChI=1S/C16H31NO8/c1-3-5-6-11(19)10(17-9-23-4-2)8-24-16-15(22)14(21)13(20)12(7-18)25-16/h5-6,10-22H,3-4,7-9H2,1-2H3/t10?,11?,12?,13-,14?,15?,16-/m0/s1. The van der Waals surface area contributed by atoms with E-state index < -0.39 is 49.5 Å². The molecule has 0 amide bonds. The Morgan fingerprint density at radius 1 is 1.16 bits per heavy atom. The first-order valence-electron chi connectivity index (χ1n) is 8.54. The van der Waals surface area contributed by atoms with Crippen molar-refractivity contribution in [3.63, 3.8) is 0 Å². The summed E-state index contributed by atoms with van der Waals surface area (Å²) in [4.78, 5) is 0. The average molecular weight is 365 g/mol. The minimum atomic E-state index is -1.50. The van der Waals surface area contributed by atoms with Gasteiger partial charge >= 0.3 is 0 Å². The Bertz CT molecular complexity index is 381. The van der Waals surface area contributed by atoms with Gasteiger partial charge in [0.2, 0.25) is 0 Å². The van der Waals surface area contributed by atoms with Gasteiger partial charge in [-0.1, -0.05) is 19.1 Å². The van der Waals surface area contributed by atoms with Gasteiger partial charge in [0.25, 0.3) is 0 Å². The molecule has 25 heavy (non-hydrogen) atoms. The molecule has 5 unspecified atom stereocenters. The summed E-state index contributed by atoms with van der Waals surface area (Å²) in [7, 11) is 0. The zero-order chi connectivity index (χ0) is 18.8. The summed E-state index contributed by atoms with van der Waals surface area (Å²) in [6.07, 6.45) is -3.35. The summed E-state index contributed by atoms with van der Waals surface area (Å²) in [5.74, 6) is 0. The molecule has 0 aliphatic carbocycles. The van der Waals surface area contributed by atoms with E-state index in [-0.39, 0.29) is 13.3 Å². The zero-order valence-corrected chi connectivity index (χ0v) is 14.7. The summed E-state index contributed by atoms with van der Waals surface area (Å²) in [5.41, 5.74) is 0. The van der Waals surface area contributed by atoms with Crippen molar-refractivity contribution < 1.29 is 39.7 Å². The second-order valence-electron chi connectivity index (χ2n) is 5.81. The third-order valence-corrected chi connectivity index (χ3v) is 3.92. The summed E-state index contributed by atoms with van der Waals surface area (Å²) < 4.78 is 16.0. The van der Waals surface area contributed by atoms with Crippen LogP contribution in [0.3, 0.4) is 0 Å². The van der Waals surface area contributed by atoms with Crippen LogP contribution in [-0.4, -0.2) is 94.9 Å². The smallest absolute Gasteiger partial charge is 0.186 e. The minimum Gasteiger partial charge on any atom is -0.394 e. The van der Waals surface area contributed by atoms with Gasteiger partial charge in [-0.25, -0.2) is 0 Å². The molecule has 1 rings (SSSR count). The zero-order valence-electron chi connectivity index (χ0n) is 14.7. The van der Waals surface area contributed by atoms with Gasteiger partial charge in [-0.05, 0) is 13.3 Å². The maximum atomic E-state index is 10.2. The molecule has 9 nitrogen and oxygen atoms in total. The maximum absolute atomic E-state index is 10.2. The van der Waals surface area contributed by atoms with Crippen LogP contribution >= 0.6 is 0 Å². The lowest BCUT2D eigenvalue weighted by Crippen LogP contribution is -2.59. The lowest BCUT2D eigenvalue weighted by Gasteiger charge is -2.40. The molecule has 1 fully saturated rings. The molecule has 0 aromatic heterocycles. The second-order valence-corrected chi connectivity index (χ2v) is 5.81. The molecule has 0 bridgehead atoms. The van der Waals surface area contributed by atoms with Gasteiger partial charge in [0.1, 0.15) is 24.4 Å². The van der Waals surface area contributed by atoms with Crippen molar-refractivity contribution in [1.82, 2.24) is 5.32 Å². The van der Waals surface area contributed by atoms with Gasteiger partial charge in [-0.3, -0.25) is 5.32 Å². The molecule has 6 N–H and O–H groups in total. The van der Waals surface area contributed by atoms with Crippen LogP contribution < -0.4 is 5.32 Å². The Morgan fingerprint density at radius 2 is 1.88 bits per heavy atom. The molecule has 0 aromatic rings. The van der Waals surface area contributed by atoms with Gasteiger partial charge in [0, 0.05) is 6.61 Å². The largest absolute Gasteiger partial charge is 0.394 e. The number of hydrogen-bond donors (Lipinski definition) is 6. The molecule has 1 aliphatic heterocycles. The van der Waals surface area contributed by atoms with E-state index in [2.05, 4.69) is 5.32 Å². The fraction of sp³-hybridized carbons (Fsp3) is 0.875. The highest BCUT2D eigenvalue weighted by Crippen LogP contribution is 2.22. The van der Waals surface area contributed by atoms with E-state index in [0.29, 0.717) is 6.61 Å². The van der Waals surface area contributed by atoms with Crippen LogP contribution in [0.2, 0.25) is 0 Å². The van der Waals surface area contributed by atoms with Crippen molar-refractivity contribution in [3.8, 4) is 0 Å². The van der Waals surface area contributed by atoms with Crippen molar-refractivity contribution in [2.75, 3.05) is 26.6 Å². The topological polar surface area (TPSA) is 141 Å². The first-order chi connectivity index (χ1) is 12.0. The van der Waals surface area contributed by atoms with Crippen molar-refractivity contribution >= 4 is 0 Å². The number of hydrogen-bond acceptors (Lipinski definition) is 9. The number of nitrogens with one attached hydrogen (secondary N) is 1. The molecular weight excluding hydrogens is 334 g/mol. The third-order valence-electron chi connectivity index (χ3n) is 3.92. The van der Waals surface area contributed by atoms with Crippen molar-refractivity contribution in [2.45, 2.75) is 63.1 Å². The van der Waals surface area contributed by atoms with Crippen LogP contribution in [0.4, 0.5) is 0 Å². The van der Waals surface area contributed by atoms with Crippen LogP contribution in [0.5, 0.6) is 0 Å². The van der Waals surface area contributed by atoms with Crippen LogP contribution in [0, 0.1) is 0 Å². The number of ether oxygens (including phenoxy) is 3. The van der Waals surface area contributed by atoms with E-state index in [4.69, 9.17) is 14.2 Å². The van der Waals surface area contributed by atoms with Crippen molar-refractivity contribution in [2.24, 2.45) is 0 Å². The van der Waals surface area contributed by atoms with Crippen LogP contribution in [0.1, 0.15) is 20.3 Å². The molecule has 0 aromatic carbocycles. The maximum Gasteiger partial charge on any atom is 0.186 e. The highest BCUT2D eigenvalue weighted by molar-refractivity contribution is 4.95. The van der Waals surface area contributed by atoms with E-state index in [1.54, 1.807) is 6.08 Å². The number of aliphatic hydroxyl groups is 5. The Kier molecular flexibility index (Phi) is 10.7. The van der Waals surface area contributed by atoms with E-state index in [1.807, 2.05) is 19.9 Å². The SMILES string of the molecule is CCC=CC(O)C(CO[C@H]1OC(CO)[C@H](O)C(O)C1O)NCOCC. The fourth-order valence-electron chi connectivity index (χ4n) is 2.36. The van der Waals surface area contributed by atoms with Gasteiger partial charge in [0.15, 0.2) is 6.29 Å². The van der Waals surface area contributed by atoms with Crippen molar-refractivity contribution in [3.05, 3.63) is 12.2 Å². The van der Waals surface area contributed by atoms with Crippen LogP contribution in [-0.2, 0) is 14.2 Å². The molecule has 0 saturated carbocycles. The van der Waals surface area contributed by atoms with Crippen LogP contribution in [0.25, 0.3) is 0 Å². The van der Waals surface area contributed by atoms with Crippen molar-refractivity contribution in [1.29, 1.82) is 0 Å². The second kappa shape index (κ2) is 11.9. The van der Waals surface area contributed by atoms with E-state index >= 15 is 0 Å². The molecule has 0 spiro atoms. The lowest BCUT2D eigenvalue weighted by molar-refractivity contribution is -0.302. The molecule has 9 heteroatoms. The Hall–Kier alpha value is -0.620. The first kappa shape index (κ1) is 22.4. The number of allylic oxidation sites excluding steroid dienone is 1. The number of rotatable bonds is 11. The van der Waals surface area contributed by atoms with Gasteiger partial charge in [-0.2, -0.15) is 0 Å². The van der Waals surface area contributed by atoms with E-state index in [1.165, 1.54) is 0 Å². The summed E-state index contributed by atoms with van der Waals surface area (Å²) in [5, 5.41) is 51.9. The quantitative estimate of drug-likeness (QED) is 0.140. The van der Waals surface area contributed by atoms with E-state index in [9.17, 15) is 25.5 Å². The Labute approximate surface area is 147 Å². The lowest BCUT2D eigenvalue weighted by atomic mass is 9.99. The number of aliphatic hydroxyl groups excluding tert-OH is 5. The van der Waals surface area contributed by atoms with E-state index in [0.717, 1.165) is 6.42 Å². The Balaban J connectivity index is 2.64. The molecule has 148 valence electrons. The highest BCUT2D eigenvalue weighted by atomic mass is 16.7. The molecule has 1 saturated heterocycles. The molecule has 1 aliphatic rings. The van der Waals surface area contributed by atoms with Gasteiger partial charge in [0.05, 0.1) is 32.1 Å². The first-order valence-corrected chi connectivity index (χ1v) is 8.54. The summed E-state index contributed by atoms with van der Waals surface area (Å²) in [6.45, 7) is 3.92. The van der Waals surface area contributed by atoms with Gasteiger partial charge in [-0.15, -0.1) is 0 Å². The third kappa shape index (κ3) is 6.89. The molecule has 1 heterocycles. The van der Waals surface area contributed by atoms with Crippen LogP contribution in [0.15, 0.2) is 12.2 Å². The molecule has 0 radical (unpaired) electrons. The highest BCUT2D eigenvalue weighted by Gasteiger charge is 2.44. The predicted octanol–water partition coefficient (Wildman–Crippen LogP) is -1.92. The summed E-state index contributed by atoms with van der Waals surface area (Å²) in [6, 6.07) is -0.540. The van der Waals surface area contributed by atoms with Gasteiger partial charge < -0.3 is 39.7 Å². The Morgan fingerprint density at radius 3 is 2.48 bits per heavy atom. The molecular formula is C16H31NO8. The summed E-state index contributed by atoms with van der Waals surface area (Å²) >= 11 is 0. The molecule has 7 atom stereocenters. The predicted molar refractivity (Wildman–Crippen MR) is 88.6 cm³/mol. The monoisotopic (exact) mass is 365 g/mol. The normalized spacial score (nSPS) is 32.8. The fourth-order valence-corrected chi connectivity index (χ4v) is 2.36.